The number of alkyl halides is 3. The number of anilines is 1. The van der Waals surface area contributed by atoms with E-state index in [-0.39, 0.29) is 6.04 Å². The summed E-state index contributed by atoms with van der Waals surface area (Å²) in [4.78, 5) is -0.777. The standard InChI is InChI=1S/C10H13F3N2O2S/c1-7(6-14)15-8-2-4-9(5-3-8)18(16,17)10(11,12)13/h2-5,7,15H,6,14H2,1H3. The highest BCUT2D eigenvalue weighted by atomic mass is 32.2. The van der Waals surface area contributed by atoms with E-state index < -0.39 is 20.2 Å². The molecule has 3 N–H and O–H groups in total. The zero-order valence-corrected chi connectivity index (χ0v) is 10.3. The van der Waals surface area contributed by atoms with Crippen LogP contribution in [0.3, 0.4) is 0 Å². The van der Waals surface area contributed by atoms with Crippen LogP contribution in [0.5, 0.6) is 0 Å². The molecule has 4 nitrogen and oxygen atoms in total. The average molecular weight is 282 g/mol. The number of sulfone groups is 1. The Morgan fingerprint density at radius 1 is 1.28 bits per heavy atom. The Bertz CT molecular complexity index is 497. The number of hydrogen-bond acceptors (Lipinski definition) is 4. The van der Waals surface area contributed by atoms with E-state index in [2.05, 4.69) is 5.32 Å². The SMILES string of the molecule is CC(CN)Nc1ccc(S(=O)(=O)C(F)(F)F)cc1. The number of halogens is 3. The molecule has 0 spiro atoms. The van der Waals surface area contributed by atoms with Crippen LogP contribution in [0, 0.1) is 0 Å². The van der Waals surface area contributed by atoms with E-state index in [1.807, 2.05) is 0 Å². The Labute approximate surface area is 103 Å². The van der Waals surface area contributed by atoms with Crippen molar-refractivity contribution in [2.45, 2.75) is 23.4 Å². The van der Waals surface area contributed by atoms with Gasteiger partial charge in [-0.1, -0.05) is 0 Å². The van der Waals surface area contributed by atoms with Crippen molar-refractivity contribution in [3.63, 3.8) is 0 Å². The minimum absolute atomic E-state index is 0.0601. The fraction of sp³-hybridized carbons (Fsp3) is 0.400. The van der Waals surface area contributed by atoms with Crippen molar-refractivity contribution in [2.75, 3.05) is 11.9 Å². The van der Waals surface area contributed by atoms with Gasteiger partial charge in [-0.05, 0) is 31.2 Å². The van der Waals surface area contributed by atoms with E-state index >= 15 is 0 Å². The summed E-state index contributed by atoms with van der Waals surface area (Å²) in [7, 11) is -5.28. The van der Waals surface area contributed by atoms with Crippen LogP contribution in [0.2, 0.25) is 0 Å². The highest BCUT2D eigenvalue weighted by Crippen LogP contribution is 2.30. The van der Waals surface area contributed by atoms with Gasteiger partial charge in [-0.3, -0.25) is 0 Å². The van der Waals surface area contributed by atoms with E-state index in [4.69, 9.17) is 5.73 Å². The first-order valence-corrected chi connectivity index (χ1v) is 6.55. The molecule has 18 heavy (non-hydrogen) atoms. The Morgan fingerprint density at radius 2 is 1.78 bits per heavy atom. The Hall–Kier alpha value is -1.28. The van der Waals surface area contributed by atoms with Gasteiger partial charge in [-0.25, -0.2) is 8.42 Å². The number of nitrogens with two attached hydrogens (primary N) is 1. The van der Waals surface area contributed by atoms with Crippen molar-refractivity contribution in [3.05, 3.63) is 24.3 Å². The molecule has 0 amide bonds. The Kier molecular flexibility index (Phi) is 4.23. The third kappa shape index (κ3) is 3.14. The van der Waals surface area contributed by atoms with Gasteiger partial charge in [0.05, 0.1) is 4.90 Å². The second-order valence-corrected chi connectivity index (χ2v) is 5.70. The highest BCUT2D eigenvalue weighted by molar-refractivity contribution is 7.92. The molecule has 0 radical (unpaired) electrons. The molecule has 8 heteroatoms. The lowest BCUT2D eigenvalue weighted by atomic mass is 10.2. The summed E-state index contributed by atoms with van der Waals surface area (Å²) in [5.74, 6) is 0. The molecule has 0 fully saturated rings. The predicted octanol–water partition coefficient (Wildman–Crippen LogP) is 1.74. The van der Waals surface area contributed by atoms with Crippen LogP contribution in [-0.4, -0.2) is 26.5 Å². The van der Waals surface area contributed by atoms with Gasteiger partial charge in [0.1, 0.15) is 0 Å². The average Bonchev–Trinajstić information content (AvgIpc) is 2.28. The van der Waals surface area contributed by atoms with Gasteiger partial charge >= 0.3 is 5.51 Å². The Morgan fingerprint density at radius 3 is 2.17 bits per heavy atom. The molecule has 1 unspecified atom stereocenters. The molecule has 0 saturated heterocycles. The molecule has 1 aromatic carbocycles. The zero-order chi connectivity index (χ0) is 14.0. The monoisotopic (exact) mass is 282 g/mol. The van der Waals surface area contributed by atoms with Crippen molar-refractivity contribution in [1.82, 2.24) is 0 Å². The van der Waals surface area contributed by atoms with Crippen LogP contribution < -0.4 is 11.1 Å². The summed E-state index contributed by atoms with van der Waals surface area (Å²) in [5.41, 5.74) is 0.592. The molecule has 0 aromatic heterocycles. The first-order valence-electron chi connectivity index (χ1n) is 5.06. The number of hydrogen-bond donors (Lipinski definition) is 2. The van der Waals surface area contributed by atoms with Crippen LogP contribution in [-0.2, 0) is 9.84 Å². The molecular weight excluding hydrogens is 269 g/mol. The van der Waals surface area contributed by atoms with Crippen molar-refractivity contribution in [1.29, 1.82) is 0 Å². The van der Waals surface area contributed by atoms with Gasteiger partial charge in [0.25, 0.3) is 9.84 Å². The molecule has 0 aliphatic heterocycles. The second kappa shape index (κ2) is 5.15. The van der Waals surface area contributed by atoms with Gasteiger partial charge in [0, 0.05) is 18.3 Å². The number of nitrogens with one attached hydrogen (secondary N) is 1. The molecule has 0 aliphatic carbocycles. The first kappa shape index (κ1) is 14.8. The van der Waals surface area contributed by atoms with Crippen LogP contribution >= 0.6 is 0 Å². The quantitative estimate of drug-likeness (QED) is 0.882. The fourth-order valence-electron chi connectivity index (χ4n) is 1.21. The van der Waals surface area contributed by atoms with Crippen LogP contribution in [0.25, 0.3) is 0 Å². The molecular formula is C10H13F3N2O2S. The lowest BCUT2D eigenvalue weighted by Gasteiger charge is -2.13. The summed E-state index contributed by atoms with van der Waals surface area (Å²) in [6.07, 6.45) is 0. The summed E-state index contributed by atoms with van der Waals surface area (Å²) >= 11 is 0. The second-order valence-electron chi connectivity index (χ2n) is 3.75. The van der Waals surface area contributed by atoms with Crippen molar-refractivity contribution in [3.8, 4) is 0 Å². The molecule has 0 aliphatic rings. The first-order chi connectivity index (χ1) is 8.18. The summed E-state index contributed by atoms with van der Waals surface area (Å²) in [5, 5.41) is 2.91. The van der Waals surface area contributed by atoms with Gasteiger partial charge < -0.3 is 11.1 Å². The minimum Gasteiger partial charge on any atom is -0.381 e. The lowest BCUT2D eigenvalue weighted by Crippen LogP contribution is -2.25. The van der Waals surface area contributed by atoms with Crippen LogP contribution in [0.15, 0.2) is 29.2 Å². The van der Waals surface area contributed by atoms with Crippen molar-refractivity contribution in [2.24, 2.45) is 5.73 Å². The minimum atomic E-state index is -5.29. The summed E-state index contributed by atoms with van der Waals surface area (Å²) in [6, 6.07) is 4.30. The molecule has 1 atom stereocenters. The summed E-state index contributed by atoms with van der Waals surface area (Å²) < 4.78 is 58.9. The Balaban J connectivity index is 2.97. The number of rotatable bonds is 4. The maximum Gasteiger partial charge on any atom is 0.501 e. The van der Waals surface area contributed by atoms with E-state index in [1.165, 1.54) is 12.1 Å². The highest BCUT2D eigenvalue weighted by Gasteiger charge is 2.46. The molecule has 0 heterocycles. The van der Waals surface area contributed by atoms with Crippen molar-refractivity contribution >= 4 is 15.5 Å². The fourth-order valence-corrected chi connectivity index (χ4v) is 1.97. The molecule has 0 bridgehead atoms. The van der Waals surface area contributed by atoms with Gasteiger partial charge in [-0.15, -0.1) is 0 Å². The maximum absolute atomic E-state index is 12.3. The third-order valence-electron chi connectivity index (χ3n) is 2.24. The van der Waals surface area contributed by atoms with Crippen LogP contribution in [0.1, 0.15) is 6.92 Å². The predicted molar refractivity (Wildman–Crippen MR) is 61.8 cm³/mol. The summed E-state index contributed by atoms with van der Waals surface area (Å²) in [6.45, 7) is 2.14. The zero-order valence-electron chi connectivity index (χ0n) is 9.53. The van der Waals surface area contributed by atoms with Gasteiger partial charge in [0.2, 0.25) is 0 Å². The van der Waals surface area contributed by atoms with E-state index in [0.29, 0.717) is 12.2 Å². The number of benzene rings is 1. The normalized spacial score (nSPS) is 14.3. The smallest absolute Gasteiger partial charge is 0.381 e. The van der Waals surface area contributed by atoms with E-state index in [9.17, 15) is 21.6 Å². The third-order valence-corrected chi connectivity index (χ3v) is 3.74. The molecule has 102 valence electrons. The van der Waals surface area contributed by atoms with Gasteiger partial charge in [-0.2, -0.15) is 13.2 Å². The maximum atomic E-state index is 12.3. The molecule has 0 saturated carbocycles. The van der Waals surface area contributed by atoms with Crippen molar-refractivity contribution < 1.29 is 21.6 Å². The lowest BCUT2D eigenvalue weighted by molar-refractivity contribution is -0.0436. The topological polar surface area (TPSA) is 72.2 Å². The molecule has 1 rings (SSSR count). The van der Waals surface area contributed by atoms with Gasteiger partial charge in [0.15, 0.2) is 0 Å². The largest absolute Gasteiger partial charge is 0.501 e. The van der Waals surface area contributed by atoms with E-state index in [0.717, 1.165) is 12.1 Å². The van der Waals surface area contributed by atoms with Crippen LogP contribution in [0.4, 0.5) is 18.9 Å². The molecule has 1 aromatic rings. The van der Waals surface area contributed by atoms with E-state index in [1.54, 1.807) is 6.92 Å².